The summed E-state index contributed by atoms with van der Waals surface area (Å²) in [7, 11) is 0. The Kier molecular flexibility index (Phi) is 5.51. The number of nitrogens with one attached hydrogen (secondary N) is 1. The lowest BCUT2D eigenvalue weighted by molar-refractivity contribution is -0.126. The molecular weight excluding hydrogens is 264 g/mol. The van der Waals surface area contributed by atoms with Crippen molar-refractivity contribution in [3.63, 3.8) is 0 Å². The molecule has 0 unspecified atom stereocenters. The normalized spacial score (nSPS) is 11.8. The molecular formula is C17H24N2O2. The number of carbonyl (C=O) groups is 1. The lowest BCUT2D eigenvalue weighted by Gasteiger charge is -2.29. The molecule has 1 amide bonds. The maximum absolute atomic E-state index is 12.5. The van der Waals surface area contributed by atoms with E-state index in [4.69, 9.17) is 10.4 Å². The van der Waals surface area contributed by atoms with E-state index in [2.05, 4.69) is 11.4 Å². The molecule has 1 aromatic carbocycles. The molecule has 0 spiro atoms. The first-order valence-electron chi connectivity index (χ1n) is 7.13. The molecule has 0 saturated heterocycles. The summed E-state index contributed by atoms with van der Waals surface area (Å²) in [6, 6.07) is 9.22. The van der Waals surface area contributed by atoms with Crippen LogP contribution in [0, 0.1) is 16.7 Å². The van der Waals surface area contributed by atoms with Crippen LogP contribution in [0.3, 0.4) is 0 Å². The van der Waals surface area contributed by atoms with Crippen LogP contribution in [-0.2, 0) is 10.2 Å². The predicted molar refractivity (Wildman–Crippen MR) is 82.7 cm³/mol. The Bertz CT molecular complexity index is 542. The fourth-order valence-electron chi connectivity index (χ4n) is 2.04. The molecule has 1 rings (SSSR count). The smallest absolute Gasteiger partial charge is 0.230 e. The number of aliphatic hydroxyl groups excluding tert-OH is 1. The summed E-state index contributed by atoms with van der Waals surface area (Å²) < 4.78 is 0. The summed E-state index contributed by atoms with van der Waals surface area (Å²) in [5.74, 6) is -0.0800. The average molecular weight is 288 g/mol. The van der Waals surface area contributed by atoms with Crippen molar-refractivity contribution < 1.29 is 9.90 Å². The predicted octanol–water partition coefficient (Wildman–Crippen LogP) is 2.36. The van der Waals surface area contributed by atoms with Gasteiger partial charge in [0.15, 0.2) is 0 Å². The standard InChI is InChI=1S/C17H24N2O2/c1-16(2,8-9-20)12-19-15(21)17(3,4)14-7-5-6-13(10-14)11-18/h5-7,10,20H,8-9,12H2,1-4H3,(H,19,21). The van der Waals surface area contributed by atoms with Gasteiger partial charge in [0.05, 0.1) is 17.0 Å². The highest BCUT2D eigenvalue weighted by Crippen LogP contribution is 2.25. The third-order valence-corrected chi connectivity index (χ3v) is 3.80. The van der Waals surface area contributed by atoms with Crippen LogP contribution in [0.4, 0.5) is 0 Å². The summed E-state index contributed by atoms with van der Waals surface area (Å²) in [6.07, 6.45) is 0.637. The number of amides is 1. The molecule has 0 aromatic heterocycles. The maximum atomic E-state index is 12.5. The SMILES string of the molecule is CC(C)(CCO)CNC(=O)C(C)(C)c1cccc(C#N)c1. The average Bonchev–Trinajstić information content (AvgIpc) is 2.44. The lowest BCUT2D eigenvalue weighted by atomic mass is 9.82. The molecule has 4 heteroatoms. The van der Waals surface area contributed by atoms with Crippen molar-refractivity contribution in [2.45, 2.75) is 39.5 Å². The van der Waals surface area contributed by atoms with Crippen LogP contribution in [0.1, 0.15) is 45.2 Å². The first-order valence-corrected chi connectivity index (χ1v) is 7.13. The zero-order valence-electron chi connectivity index (χ0n) is 13.2. The highest BCUT2D eigenvalue weighted by molar-refractivity contribution is 5.87. The molecule has 4 nitrogen and oxygen atoms in total. The summed E-state index contributed by atoms with van der Waals surface area (Å²) >= 11 is 0. The highest BCUT2D eigenvalue weighted by Gasteiger charge is 2.31. The van der Waals surface area contributed by atoms with Crippen LogP contribution in [0.5, 0.6) is 0 Å². The number of carbonyl (C=O) groups excluding carboxylic acids is 1. The van der Waals surface area contributed by atoms with Gasteiger partial charge < -0.3 is 10.4 Å². The van der Waals surface area contributed by atoms with E-state index >= 15 is 0 Å². The highest BCUT2D eigenvalue weighted by atomic mass is 16.3. The van der Waals surface area contributed by atoms with Crippen molar-refractivity contribution in [2.75, 3.05) is 13.2 Å². The van der Waals surface area contributed by atoms with Crippen LogP contribution < -0.4 is 5.32 Å². The van der Waals surface area contributed by atoms with Gasteiger partial charge in [0.25, 0.3) is 0 Å². The first kappa shape index (κ1) is 17.2. The zero-order chi connectivity index (χ0) is 16.1. The Morgan fingerprint density at radius 2 is 2.00 bits per heavy atom. The Balaban J connectivity index is 2.82. The molecule has 0 atom stereocenters. The molecule has 2 N–H and O–H groups in total. The van der Waals surface area contributed by atoms with E-state index < -0.39 is 5.41 Å². The largest absolute Gasteiger partial charge is 0.396 e. The van der Waals surface area contributed by atoms with Gasteiger partial charge in [0, 0.05) is 13.2 Å². The minimum absolute atomic E-state index is 0.0800. The molecule has 0 fully saturated rings. The van der Waals surface area contributed by atoms with E-state index in [0.717, 1.165) is 5.56 Å². The van der Waals surface area contributed by atoms with Gasteiger partial charge in [-0.25, -0.2) is 0 Å². The number of rotatable bonds is 6. The topological polar surface area (TPSA) is 73.1 Å². The number of nitriles is 1. The van der Waals surface area contributed by atoms with Gasteiger partial charge >= 0.3 is 0 Å². The second kappa shape index (κ2) is 6.73. The van der Waals surface area contributed by atoms with Crippen LogP contribution in [0.15, 0.2) is 24.3 Å². The molecule has 0 saturated carbocycles. The fourth-order valence-corrected chi connectivity index (χ4v) is 2.04. The van der Waals surface area contributed by atoms with Crippen LogP contribution >= 0.6 is 0 Å². The van der Waals surface area contributed by atoms with Gasteiger partial charge in [-0.1, -0.05) is 26.0 Å². The minimum Gasteiger partial charge on any atom is -0.396 e. The second-order valence-electron chi connectivity index (χ2n) is 6.64. The molecule has 0 heterocycles. The number of aliphatic hydroxyl groups is 1. The van der Waals surface area contributed by atoms with Crippen molar-refractivity contribution in [3.05, 3.63) is 35.4 Å². The number of hydrogen-bond donors (Lipinski definition) is 2. The third-order valence-electron chi connectivity index (χ3n) is 3.80. The van der Waals surface area contributed by atoms with Crippen molar-refractivity contribution >= 4 is 5.91 Å². The van der Waals surface area contributed by atoms with Crippen molar-refractivity contribution in [1.29, 1.82) is 5.26 Å². The molecule has 114 valence electrons. The van der Waals surface area contributed by atoms with Crippen molar-refractivity contribution in [1.82, 2.24) is 5.32 Å². The van der Waals surface area contributed by atoms with E-state index in [0.29, 0.717) is 18.5 Å². The maximum Gasteiger partial charge on any atom is 0.230 e. The van der Waals surface area contributed by atoms with E-state index in [1.807, 2.05) is 33.8 Å². The fraction of sp³-hybridized carbons (Fsp3) is 0.529. The molecule has 0 bridgehead atoms. The Morgan fingerprint density at radius 1 is 1.33 bits per heavy atom. The monoisotopic (exact) mass is 288 g/mol. The quantitative estimate of drug-likeness (QED) is 0.844. The van der Waals surface area contributed by atoms with Gasteiger partial charge in [-0.3, -0.25) is 4.79 Å². The number of benzene rings is 1. The minimum atomic E-state index is -0.706. The van der Waals surface area contributed by atoms with Crippen LogP contribution in [0.25, 0.3) is 0 Å². The first-order chi connectivity index (χ1) is 9.73. The third kappa shape index (κ3) is 4.57. The zero-order valence-corrected chi connectivity index (χ0v) is 13.2. The summed E-state index contributed by atoms with van der Waals surface area (Å²) in [6.45, 7) is 8.32. The summed E-state index contributed by atoms with van der Waals surface area (Å²) in [5.41, 5.74) is 0.518. The van der Waals surface area contributed by atoms with Crippen molar-refractivity contribution in [2.24, 2.45) is 5.41 Å². The van der Waals surface area contributed by atoms with E-state index in [9.17, 15) is 4.79 Å². The number of hydrogen-bond acceptors (Lipinski definition) is 3. The Hall–Kier alpha value is -1.86. The van der Waals surface area contributed by atoms with Crippen LogP contribution in [0.2, 0.25) is 0 Å². The molecule has 0 radical (unpaired) electrons. The van der Waals surface area contributed by atoms with E-state index in [1.54, 1.807) is 18.2 Å². The van der Waals surface area contributed by atoms with Gasteiger partial charge in [-0.2, -0.15) is 5.26 Å². The van der Waals surface area contributed by atoms with Gasteiger partial charge in [-0.05, 0) is 43.4 Å². The lowest BCUT2D eigenvalue weighted by Crippen LogP contribution is -2.44. The van der Waals surface area contributed by atoms with Gasteiger partial charge in [0.2, 0.25) is 5.91 Å². The van der Waals surface area contributed by atoms with Gasteiger partial charge in [-0.15, -0.1) is 0 Å². The van der Waals surface area contributed by atoms with Crippen molar-refractivity contribution in [3.8, 4) is 6.07 Å². The number of nitrogens with zero attached hydrogens (tertiary/aromatic N) is 1. The molecule has 0 aliphatic heterocycles. The van der Waals surface area contributed by atoms with Crippen LogP contribution in [-0.4, -0.2) is 24.2 Å². The second-order valence-corrected chi connectivity index (χ2v) is 6.64. The summed E-state index contributed by atoms with van der Waals surface area (Å²) in [5, 5.41) is 20.9. The molecule has 21 heavy (non-hydrogen) atoms. The molecule has 0 aliphatic carbocycles. The summed E-state index contributed by atoms with van der Waals surface area (Å²) in [4.78, 5) is 12.5. The van der Waals surface area contributed by atoms with Gasteiger partial charge in [0.1, 0.15) is 0 Å². The Morgan fingerprint density at radius 3 is 2.57 bits per heavy atom. The molecule has 1 aromatic rings. The Labute approximate surface area is 126 Å². The molecule has 0 aliphatic rings. The van der Waals surface area contributed by atoms with E-state index in [-0.39, 0.29) is 17.9 Å². The van der Waals surface area contributed by atoms with E-state index in [1.165, 1.54) is 0 Å².